The van der Waals surface area contributed by atoms with Crippen LogP contribution in [0.4, 0.5) is 5.69 Å². The molecule has 2 aromatic rings. The number of hydrogen-bond acceptors (Lipinski definition) is 7. The molecular weight excluding hydrogens is 482 g/mol. The van der Waals surface area contributed by atoms with Crippen molar-refractivity contribution in [2.75, 3.05) is 25.0 Å². The lowest BCUT2D eigenvalue weighted by atomic mass is 9.75. The van der Waals surface area contributed by atoms with Gasteiger partial charge in [0.1, 0.15) is 6.10 Å². The summed E-state index contributed by atoms with van der Waals surface area (Å²) in [5, 5.41) is 6.58. The van der Waals surface area contributed by atoms with Crippen LogP contribution in [0.3, 0.4) is 0 Å². The summed E-state index contributed by atoms with van der Waals surface area (Å²) in [6, 6.07) is 5.71. The maximum Gasteiger partial charge on any atom is 0.320 e. The van der Waals surface area contributed by atoms with Crippen molar-refractivity contribution in [1.29, 1.82) is 0 Å². The monoisotopic (exact) mass is 523 g/mol. The molecule has 2 aliphatic rings. The highest BCUT2D eigenvalue weighted by Crippen LogP contribution is 2.38. The third-order valence-corrected chi connectivity index (χ3v) is 7.57. The van der Waals surface area contributed by atoms with E-state index in [1.54, 1.807) is 6.07 Å². The average Bonchev–Trinajstić information content (AvgIpc) is 3.18. The van der Waals surface area contributed by atoms with Crippen LogP contribution in [0.2, 0.25) is 0 Å². The van der Waals surface area contributed by atoms with Gasteiger partial charge in [-0.25, -0.2) is 0 Å². The number of benzene rings is 1. The Kier molecular flexibility index (Phi) is 8.57. The van der Waals surface area contributed by atoms with Crippen LogP contribution in [0.1, 0.15) is 84.3 Å². The van der Waals surface area contributed by atoms with Gasteiger partial charge >= 0.3 is 5.97 Å². The van der Waals surface area contributed by atoms with Gasteiger partial charge in [-0.15, -0.1) is 0 Å². The van der Waals surface area contributed by atoms with Gasteiger partial charge in [0.05, 0.1) is 12.1 Å². The molecule has 0 unspecified atom stereocenters. The number of ether oxygens (including phenoxy) is 1. The van der Waals surface area contributed by atoms with E-state index in [1.807, 2.05) is 25.3 Å². The molecule has 0 atom stereocenters. The summed E-state index contributed by atoms with van der Waals surface area (Å²) in [6.07, 6.45) is 7.18. The fourth-order valence-corrected chi connectivity index (χ4v) is 5.71. The van der Waals surface area contributed by atoms with Crippen LogP contribution in [0, 0.1) is 12.3 Å². The van der Waals surface area contributed by atoms with Crippen molar-refractivity contribution in [2.24, 2.45) is 16.9 Å². The zero-order valence-corrected chi connectivity index (χ0v) is 22.8. The van der Waals surface area contributed by atoms with Gasteiger partial charge in [0.2, 0.25) is 0 Å². The molecule has 1 saturated carbocycles. The number of aromatic nitrogens is 1. The molecule has 9 nitrogen and oxygen atoms in total. The van der Waals surface area contributed by atoms with E-state index in [1.165, 1.54) is 0 Å². The zero-order valence-electron chi connectivity index (χ0n) is 22.8. The van der Waals surface area contributed by atoms with Gasteiger partial charge in [-0.3, -0.25) is 14.4 Å². The van der Waals surface area contributed by atoms with Crippen molar-refractivity contribution in [3.8, 4) is 5.69 Å². The fourth-order valence-electron chi connectivity index (χ4n) is 5.71. The third kappa shape index (κ3) is 6.45. The molecule has 2 aliphatic carbocycles. The number of aryl methyl sites for hydroxylation is 1. The Hall–Kier alpha value is -3.17. The lowest BCUT2D eigenvalue weighted by Crippen LogP contribution is -2.34. The minimum atomic E-state index is -0.495. The summed E-state index contributed by atoms with van der Waals surface area (Å²) >= 11 is 0. The number of carbonyl (C=O) groups is 3. The first-order valence-electron chi connectivity index (χ1n) is 13.6. The quantitative estimate of drug-likeness (QED) is 0.277. The molecule has 1 fully saturated rings. The maximum atomic E-state index is 12.9. The smallest absolute Gasteiger partial charge is 0.320 e. The van der Waals surface area contributed by atoms with Gasteiger partial charge in [-0.05, 0) is 87.7 Å². The molecule has 0 aliphatic heterocycles. The van der Waals surface area contributed by atoms with Crippen LogP contribution in [-0.4, -0.2) is 54.0 Å². The predicted molar refractivity (Wildman–Crippen MR) is 148 cm³/mol. The Morgan fingerprint density at radius 3 is 2.58 bits per heavy atom. The molecule has 4 rings (SSSR count). The Labute approximate surface area is 224 Å². The van der Waals surface area contributed by atoms with Crippen LogP contribution in [0.5, 0.6) is 0 Å². The van der Waals surface area contributed by atoms with Crippen LogP contribution in [0.25, 0.3) is 5.69 Å². The number of Topliss-reactive ketones (excluding diaryl/α,β-unsaturated/α-hetero) is 1. The van der Waals surface area contributed by atoms with Crippen molar-refractivity contribution >= 4 is 23.3 Å². The first kappa shape index (κ1) is 27.9. The maximum absolute atomic E-state index is 12.9. The number of carbonyl (C=O) groups excluding carboxylic acids is 3. The molecule has 9 heteroatoms. The fraction of sp³-hybridized carbons (Fsp3) is 0.552. The van der Waals surface area contributed by atoms with Crippen LogP contribution in [0.15, 0.2) is 24.4 Å². The first-order chi connectivity index (χ1) is 18.1. The van der Waals surface area contributed by atoms with Crippen LogP contribution < -0.4 is 22.1 Å². The average molecular weight is 524 g/mol. The number of nitrogens with one attached hydrogen (secondary N) is 2. The van der Waals surface area contributed by atoms with E-state index in [9.17, 15) is 14.4 Å². The summed E-state index contributed by atoms with van der Waals surface area (Å²) in [6.45, 7) is 7.70. The van der Waals surface area contributed by atoms with E-state index in [-0.39, 0.29) is 35.9 Å². The molecule has 0 spiro atoms. The highest BCUT2D eigenvalue weighted by Gasteiger charge is 2.35. The van der Waals surface area contributed by atoms with E-state index < -0.39 is 5.91 Å². The normalized spacial score (nSPS) is 20.6. The van der Waals surface area contributed by atoms with Crippen molar-refractivity contribution < 1.29 is 19.1 Å². The lowest BCUT2D eigenvalue weighted by Gasteiger charge is -2.31. The second kappa shape index (κ2) is 11.7. The van der Waals surface area contributed by atoms with Crippen molar-refractivity contribution in [3.05, 3.63) is 46.8 Å². The first-order valence-corrected chi connectivity index (χ1v) is 13.6. The highest BCUT2D eigenvalue weighted by atomic mass is 16.5. The summed E-state index contributed by atoms with van der Waals surface area (Å²) in [7, 11) is 0. The topological polar surface area (TPSA) is 141 Å². The molecule has 206 valence electrons. The molecule has 38 heavy (non-hydrogen) atoms. The number of primary amides is 1. The Balaban J connectivity index is 1.46. The molecule has 1 amide bonds. The summed E-state index contributed by atoms with van der Waals surface area (Å²) in [5.41, 5.74) is 15.9. The number of rotatable bonds is 10. The Bertz CT molecular complexity index is 1190. The van der Waals surface area contributed by atoms with Gasteiger partial charge in [-0.1, -0.05) is 13.8 Å². The number of nitrogens with zero attached hydrogens (tertiary/aromatic N) is 1. The molecule has 0 radical (unpaired) electrons. The van der Waals surface area contributed by atoms with E-state index in [0.29, 0.717) is 30.8 Å². The van der Waals surface area contributed by atoms with Gasteiger partial charge in [0.15, 0.2) is 5.78 Å². The molecule has 1 aromatic heterocycles. The molecule has 6 N–H and O–H groups in total. The summed E-state index contributed by atoms with van der Waals surface area (Å²) < 4.78 is 7.70. The number of amides is 1. The largest absolute Gasteiger partial charge is 0.461 e. The number of fused-ring (bicyclic) bond motifs is 1. The predicted octanol–water partition coefficient (Wildman–Crippen LogP) is 3.24. The third-order valence-electron chi connectivity index (χ3n) is 7.57. The summed E-state index contributed by atoms with van der Waals surface area (Å²) in [4.78, 5) is 37.2. The van der Waals surface area contributed by atoms with E-state index in [0.717, 1.165) is 61.0 Å². The van der Waals surface area contributed by atoms with E-state index in [4.69, 9.17) is 16.2 Å². The van der Waals surface area contributed by atoms with Crippen molar-refractivity contribution in [1.82, 2.24) is 9.88 Å². The minimum Gasteiger partial charge on any atom is -0.461 e. The number of nitrogens with two attached hydrogens (primary N) is 2. The van der Waals surface area contributed by atoms with Crippen molar-refractivity contribution in [3.63, 3.8) is 0 Å². The number of hydrogen-bond donors (Lipinski definition) is 4. The second-order valence-corrected chi connectivity index (χ2v) is 11.5. The Morgan fingerprint density at radius 1 is 1.16 bits per heavy atom. The number of ketones is 1. The van der Waals surface area contributed by atoms with E-state index in [2.05, 4.69) is 29.0 Å². The molecule has 1 heterocycles. The van der Waals surface area contributed by atoms with E-state index >= 15 is 0 Å². The lowest BCUT2D eigenvalue weighted by molar-refractivity contribution is -0.149. The van der Waals surface area contributed by atoms with Crippen molar-refractivity contribution in [2.45, 2.75) is 77.9 Å². The molecule has 0 bridgehead atoms. The molecule has 0 saturated heterocycles. The van der Waals surface area contributed by atoms with Gasteiger partial charge in [-0.2, -0.15) is 0 Å². The van der Waals surface area contributed by atoms with Crippen LogP contribution >= 0.6 is 0 Å². The second-order valence-electron chi connectivity index (χ2n) is 11.5. The molecular formula is C29H41N5O4. The van der Waals surface area contributed by atoms with Gasteiger partial charge < -0.3 is 31.4 Å². The van der Waals surface area contributed by atoms with Crippen LogP contribution in [-0.2, 0) is 16.0 Å². The molecule has 1 aromatic carbocycles. The number of esters is 1. The minimum absolute atomic E-state index is 0.103. The standard InChI is InChI=1S/C29H41N5O4/c1-18-17-34(24-14-29(2,3)15-25(35)27(18)24)20-7-10-22(28(31)37)23(13-20)33-19-5-8-21(9-6-19)38-26(36)16-32-12-4-11-30/h7,10,13,17,19,21,32-33H,4-6,8-9,11-12,14-16,30H2,1-3H3,(H2,31,37). The van der Waals surface area contributed by atoms with Gasteiger partial charge in [0.25, 0.3) is 5.91 Å². The highest BCUT2D eigenvalue weighted by molar-refractivity contribution is 6.01. The number of anilines is 1. The summed E-state index contributed by atoms with van der Waals surface area (Å²) in [5.74, 6) is -0.552. The zero-order chi connectivity index (χ0) is 27.4. The van der Waals surface area contributed by atoms with Gasteiger partial charge in [0, 0.05) is 41.3 Å². The Morgan fingerprint density at radius 2 is 1.89 bits per heavy atom. The SMILES string of the molecule is Cc1cn(-c2ccc(C(N)=O)c(NC3CCC(OC(=O)CNCCCN)CC3)c2)c2c1C(=O)CC(C)(C)C2.